The Balaban J connectivity index is 1.52. The first kappa shape index (κ1) is 28.2. The Morgan fingerprint density at radius 3 is 2.45 bits per heavy atom. The molecule has 40 heavy (non-hydrogen) atoms. The van der Waals surface area contributed by atoms with Crippen molar-refractivity contribution in [1.82, 2.24) is 14.9 Å². The van der Waals surface area contributed by atoms with Gasteiger partial charge in [-0.2, -0.15) is 0 Å². The fourth-order valence-electron chi connectivity index (χ4n) is 4.71. The van der Waals surface area contributed by atoms with E-state index >= 15 is 0 Å². The molecule has 0 radical (unpaired) electrons. The molecular weight excluding hydrogens is 518 g/mol. The van der Waals surface area contributed by atoms with Crippen LogP contribution in [0.15, 0.2) is 71.8 Å². The van der Waals surface area contributed by atoms with Crippen molar-refractivity contribution in [2.45, 2.75) is 88.3 Å². The molecule has 0 bridgehead atoms. The molecule has 5 rings (SSSR count). The third kappa shape index (κ3) is 7.26. The number of nitrogens with one attached hydrogen (secondary N) is 1. The van der Waals surface area contributed by atoms with E-state index in [2.05, 4.69) is 47.8 Å². The highest BCUT2D eigenvalue weighted by atomic mass is 32.2. The maximum Gasteiger partial charge on any atom is 0.251 e. The lowest BCUT2D eigenvalue weighted by Crippen LogP contribution is -2.25. The van der Waals surface area contributed by atoms with Crippen LogP contribution < -0.4 is 10.1 Å². The summed E-state index contributed by atoms with van der Waals surface area (Å²) in [6.45, 7) is 11.4. The number of ether oxygens (including phenoxy) is 1. The van der Waals surface area contributed by atoms with Gasteiger partial charge in [-0.1, -0.05) is 39.0 Å². The second-order valence-corrected chi connectivity index (χ2v) is 14.1. The van der Waals surface area contributed by atoms with Crippen LogP contribution in [-0.2, 0) is 19.6 Å². The van der Waals surface area contributed by atoms with E-state index in [1.54, 1.807) is 6.20 Å². The van der Waals surface area contributed by atoms with Crippen molar-refractivity contribution in [2.75, 3.05) is 0 Å². The van der Waals surface area contributed by atoms with Gasteiger partial charge in [0.1, 0.15) is 12.4 Å². The number of aromatic nitrogens is 2. The molecule has 2 aromatic carbocycles. The molecule has 0 saturated heterocycles. The summed E-state index contributed by atoms with van der Waals surface area (Å²) >= 11 is 1.82. The van der Waals surface area contributed by atoms with Gasteiger partial charge >= 0.3 is 0 Å². The van der Waals surface area contributed by atoms with Crippen LogP contribution >= 0.6 is 11.8 Å². The number of hydrogen-bond donors (Lipinski definition) is 2. The van der Waals surface area contributed by atoms with Crippen LogP contribution in [0.5, 0.6) is 5.75 Å². The number of benzene rings is 2. The van der Waals surface area contributed by atoms with Crippen molar-refractivity contribution in [3.8, 4) is 5.75 Å². The van der Waals surface area contributed by atoms with Crippen molar-refractivity contribution >= 4 is 28.6 Å². The number of aliphatic hydroxyl groups is 1. The van der Waals surface area contributed by atoms with Crippen LogP contribution in [0.4, 0.5) is 0 Å². The third-order valence-corrected chi connectivity index (χ3v) is 7.95. The molecule has 0 spiro atoms. The van der Waals surface area contributed by atoms with Gasteiger partial charge in [0, 0.05) is 57.0 Å². The summed E-state index contributed by atoms with van der Waals surface area (Å²) in [5.41, 5.74) is 3.96. The maximum absolute atomic E-state index is 12.5. The molecule has 0 aliphatic heterocycles. The predicted octanol–water partition coefficient (Wildman–Crippen LogP) is 6.76. The minimum Gasteiger partial charge on any atom is -0.487 e. The molecular formula is C33H39N3O3S. The van der Waals surface area contributed by atoms with E-state index in [9.17, 15) is 9.90 Å². The van der Waals surface area contributed by atoms with E-state index in [1.807, 2.05) is 74.1 Å². The quantitative estimate of drug-likeness (QED) is 0.211. The average Bonchev–Trinajstić information content (AvgIpc) is 3.68. The third-order valence-electron chi connectivity index (χ3n) is 6.68. The highest BCUT2D eigenvalue weighted by molar-refractivity contribution is 8.00. The molecule has 6 nitrogen and oxygen atoms in total. The number of carbonyl (C=O) groups excluding carboxylic acids is 1. The number of rotatable bonds is 10. The lowest BCUT2D eigenvalue weighted by molar-refractivity contribution is 0.0784. The molecule has 1 fully saturated rings. The molecule has 4 aromatic rings. The monoisotopic (exact) mass is 557 g/mol. The number of amides is 1. The van der Waals surface area contributed by atoms with Crippen molar-refractivity contribution < 1.29 is 14.6 Å². The molecule has 0 atom stereocenters. The average molecular weight is 558 g/mol. The van der Waals surface area contributed by atoms with Crippen LogP contribution in [-0.4, -0.2) is 37.0 Å². The van der Waals surface area contributed by atoms with Crippen LogP contribution in [0.1, 0.15) is 74.8 Å². The first-order valence-corrected chi connectivity index (χ1v) is 14.8. The molecule has 1 saturated carbocycles. The number of pyridine rings is 1. The second-order valence-electron chi connectivity index (χ2n) is 12.3. The van der Waals surface area contributed by atoms with Gasteiger partial charge in [0.05, 0.1) is 11.3 Å². The van der Waals surface area contributed by atoms with Gasteiger partial charge in [-0.25, -0.2) is 0 Å². The summed E-state index contributed by atoms with van der Waals surface area (Å²) in [5, 5.41) is 15.1. The van der Waals surface area contributed by atoms with E-state index < -0.39 is 5.60 Å². The molecule has 1 aliphatic carbocycles. The fraction of sp³-hybridized carbons (Fsp3) is 0.394. The molecule has 1 amide bonds. The Morgan fingerprint density at radius 1 is 1.07 bits per heavy atom. The Bertz CT molecular complexity index is 1480. The normalized spacial score (nSPS) is 13.9. The number of nitrogens with zero attached hydrogens (tertiary/aromatic N) is 2. The summed E-state index contributed by atoms with van der Waals surface area (Å²) in [4.78, 5) is 18.0. The molecule has 7 heteroatoms. The lowest BCUT2D eigenvalue weighted by atomic mass is 10.0. The topological polar surface area (TPSA) is 76.4 Å². The van der Waals surface area contributed by atoms with Gasteiger partial charge < -0.3 is 19.7 Å². The van der Waals surface area contributed by atoms with Gasteiger partial charge in [-0.3, -0.25) is 9.78 Å². The largest absolute Gasteiger partial charge is 0.487 e. The zero-order chi connectivity index (χ0) is 28.5. The number of hydrogen-bond acceptors (Lipinski definition) is 5. The summed E-state index contributed by atoms with van der Waals surface area (Å²) in [5.74, 6) is 0.775. The van der Waals surface area contributed by atoms with E-state index in [0.29, 0.717) is 31.2 Å². The summed E-state index contributed by atoms with van der Waals surface area (Å²) < 4.78 is 8.43. The highest BCUT2D eigenvalue weighted by Crippen LogP contribution is 2.43. The van der Waals surface area contributed by atoms with E-state index in [4.69, 9.17) is 4.74 Å². The van der Waals surface area contributed by atoms with Gasteiger partial charge in [-0.05, 0) is 74.7 Å². The van der Waals surface area contributed by atoms with Crippen LogP contribution in [0.2, 0.25) is 0 Å². The highest BCUT2D eigenvalue weighted by Gasteiger charge is 2.27. The van der Waals surface area contributed by atoms with Crippen molar-refractivity contribution in [3.63, 3.8) is 0 Å². The van der Waals surface area contributed by atoms with Gasteiger partial charge in [0.15, 0.2) is 0 Å². The molecule has 1 aliphatic rings. The first-order valence-electron chi connectivity index (χ1n) is 13.9. The minimum absolute atomic E-state index is 0.00900. The second kappa shape index (κ2) is 11.3. The van der Waals surface area contributed by atoms with E-state index in [1.165, 1.54) is 0 Å². The zero-order valence-corrected chi connectivity index (χ0v) is 24.8. The van der Waals surface area contributed by atoms with Gasteiger partial charge in [-0.15, -0.1) is 11.8 Å². The summed E-state index contributed by atoms with van der Waals surface area (Å²) in [6, 6.07) is 20.3. The smallest absolute Gasteiger partial charge is 0.251 e. The van der Waals surface area contributed by atoms with Crippen molar-refractivity contribution in [3.05, 3.63) is 89.4 Å². The molecule has 210 valence electrons. The molecule has 2 aromatic heterocycles. The Labute approximate surface area is 241 Å². The maximum atomic E-state index is 12.5. The van der Waals surface area contributed by atoms with Crippen LogP contribution in [0.3, 0.4) is 0 Å². The Kier molecular flexibility index (Phi) is 7.98. The van der Waals surface area contributed by atoms with Gasteiger partial charge in [0.2, 0.25) is 0 Å². The fourth-order valence-corrected chi connectivity index (χ4v) is 5.90. The summed E-state index contributed by atoms with van der Waals surface area (Å²) in [6.07, 6.45) is 4.42. The first-order chi connectivity index (χ1) is 18.9. The molecule has 2 heterocycles. The molecule has 2 N–H and O–H groups in total. The standard InChI is InChI=1S/C33H39N3O3S/c1-32(2,3)40-30-27-18-26(39-21-25-8-6-7-17-34-25)15-16-28(27)36(29(30)19-33(4,5)38)20-22-9-11-23(12-10-22)31(37)35-24-13-14-24/h6-12,15-18,24,38H,13-14,19-21H2,1-5H3,(H,35,37). The van der Waals surface area contributed by atoms with E-state index in [-0.39, 0.29) is 10.7 Å². The van der Waals surface area contributed by atoms with E-state index in [0.717, 1.165) is 51.3 Å². The van der Waals surface area contributed by atoms with Crippen molar-refractivity contribution in [1.29, 1.82) is 0 Å². The summed E-state index contributed by atoms with van der Waals surface area (Å²) in [7, 11) is 0. The van der Waals surface area contributed by atoms with Gasteiger partial charge in [0.25, 0.3) is 5.91 Å². The Hall–Kier alpha value is -3.29. The number of thioether (sulfide) groups is 1. The Morgan fingerprint density at radius 2 is 1.82 bits per heavy atom. The molecule has 0 unspecified atom stereocenters. The van der Waals surface area contributed by atoms with Crippen molar-refractivity contribution in [2.24, 2.45) is 0 Å². The SMILES string of the molecule is CC(C)(O)Cc1c(SC(C)(C)C)c2cc(OCc3ccccn3)ccc2n1Cc1ccc(C(=O)NC2CC2)cc1. The minimum atomic E-state index is -0.887. The lowest BCUT2D eigenvalue weighted by Gasteiger charge is -2.23. The predicted molar refractivity (Wildman–Crippen MR) is 162 cm³/mol. The van der Waals surface area contributed by atoms with Crippen LogP contribution in [0.25, 0.3) is 10.9 Å². The zero-order valence-electron chi connectivity index (χ0n) is 24.0. The van der Waals surface area contributed by atoms with Crippen LogP contribution in [0, 0.1) is 0 Å². The number of fused-ring (bicyclic) bond motifs is 1. The number of carbonyl (C=O) groups is 1.